The number of hydrogen-bond acceptors (Lipinski definition) is 5. The molecule has 1 aliphatic heterocycles. The van der Waals surface area contributed by atoms with Gasteiger partial charge in [0, 0.05) is 25.3 Å². The van der Waals surface area contributed by atoms with Crippen molar-refractivity contribution in [1.82, 2.24) is 4.90 Å². The lowest BCUT2D eigenvalue weighted by Crippen LogP contribution is -2.50. The fraction of sp³-hybridized carbons (Fsp3) is 0.591. The predicted octanol–water partition coefficient (Wildman–Crippen LogP) is 3.47. The lowest BCUT2D eigenvalue weighted by molar-refractivity contribution is -0.155. The summed E-state index contributed by atoms with van der Waals surface area (Å²) in [5.74, 6) is -1.78. The Bertz CT molecular complexity index is 769. The Morgan fingerprint density at radius 1 is 1.20 bits per heavy atom. The van der Waals surface area contributed by atoms with Crippen molar-refractivity contribution in [3.63, 3.8) is 0 Å². The van der Waals surface area contributed by atoms with Crippen molar-refractivity contribution in [2.45, 2.75) is 64.7 Å². The Balaban J connectivity index is 2.10. The van der Waals surface area contributed by atoms with Gasteiger partial charge in [-0.25, -0.2) is 9.59 Å². The normalized spacial score (nSPS) is 20.0. The topological polar surface area (TPSA) is 105 Å². The number of carbonyl (C=O) groups excluding carboxylic acids is 2. The third-order valence-electron chi connectivity index (χ3n) is 4.97. The predicted molar refractivity (Wildman–Crippen MR) is 112 cm³/mol. The van der Waals surface area contributed by atoms with Crippen LogP contribution in [0.4, 0.5) is 10.5 Å². The van der Waals surface area contributed by atoms with Gasteiger partial charge in [-0.2, -0.15) is 0 Å². The second-order valence-corrected chi connectivity index (χ2v) is 8.91. The molecule has 0 bridgehead atoms. The zero-order chi connectivity index (χ0) is 22.6. The number of likely N-dealkylation sites (N-methyl/N-ethyl adjacent to an activating group) is 1. The number of nitrogens with one attached hydrogen (secondary N) is 1. The number of carboxylic acid groups (broad SMARTS) is 1. The van der Waals surface area contributed by atoms with Gasteiger partial charge in [0.2, 0.25) is 0 Å². The molecule has 8 nitrogen and oxygen atoms in total. The van der Waals surface area contributed by atoms with Gasteiger partial charge in [0.05, 0.1) is 0 Å². The van der Waals surface area contributed by atoms with E-state index in [4.69, 9.17) is 9.47 Å². The summed E-state index contributed by atoms with van der Waals surface area (Å²) in [4.78, 5) is 37.8. The van der Waals surface area contributed by atoms with Crippen molar-refractivity contribution in [3.8, 4) is 0 Å². The number of anilines is 1. The van der Waals surface area contributed by atoms with Crippen LogP contribution < -0.4 is 5.32 Å². The molecule has 1 aromatic rings. The maximum Gasteiger partial charge on any atom is 0.412 e. The minimum absolute atomic E-state index is 0.183. The molecule has 0 aliphatic carbocycles. The SMILES string of the molecule is CC(C)[C@@H](C(=O)O)N(C)C(=O)[C@@H]1OCC[C@@H]1c1ccc(NC(=O)OC(C)(C)C)cc1. The van der Waals surface area contributed by atoms with E-state index in [0.29, 0.717) is 18.7 Å². The van der Waals surface area contributed by atoms with Crippen LogP contribution in [0.1, 0.15) is 52.5 Å². The highest BCUT2D eigenvalue weighted by Gasteiger charge is 2.40. The summed E-state index contributed by atoms with van der Waals surface area (Å²) in [5.41, 5.74) is 0.886. The highest BCUT2D eigenvalue weighted by Crippen LogP contribution is 2.33. The van der Waals surface area contributed by atoms with Crippen molar-refractivity contribution in [2.24, 2.45) is 5.92 Å². The molecule has 30 heavy (non-hydrogen) atoms. The average molecular weight is 421 g/mol. The van der Waals surface area contributed by atoms with Crippen molar-refractivity contribution in [2.75, 3.05) is 19.0 Å². The number of rotatable bonds is 6. The molecule has 2 N–H and O–H groups in total. The van der Waals surface area contributed by atoms with Crippen molar-refractivity contribution >= 4 is 23.7 Å². The highest BCUT2D eigenvalue weighted by molar-refractivity contribution is 5.87. The molecule has 0 aromatic heterocycles. The molecule has 1 heterocycles. The molecule has 2 rings (SSSR count). The van der Waals surface area contributed by atoms with Crippen LogP contribution in [-0.2, 0) is 19.1 Å². The summed E-state index contributed by atoms with van der Waals surface area (Å²) in [6.07, 6.45) is -0.620. The van der Waals surface area contributed by atoms with Crippen molar-refractivity contribution in [1.29, 1.82) is 0 Å². The first-order chi connectivity index (χ1) is 13.9. The minimum atomic E-state index is -1.03. The quantitative estimate of drug-likeness (QED) is 0.730. The van der Waals surface area contributed by atoms with Gasteiger partial charge in [0.15, 0.2) is 0 Å². The number of nitrogens with zero attached hydrogens (tertiary/aromatic N) is 1. The van der Waals surface area contributed by atoms with Gasteiger partial charge in [-0.05, 0) is 50.8 Å². The summed E-state index contributed by atoms with van der Waals surface area (Å²) >= 11 is 0. The molecule has 0 unspecified atom stereocenters. The Hall–Kier alpha value is -2.61. The largest absolute Gasteiger partial charge is 0.480 e. The summed E-state index contributed by atoms with van der Waals surface area (Å²) in [5, 5.41) is 12.2. The molecule has 166 valence electrons. The summed E-state index contributed by atoms with van der Waals surface area (Å²) in [6.45, 7) is 9.33. The number of ether oxygens (including phenoxy) is 2. The van der Waals surface area contributed by atoms with Gasteiger partial charge < -0.3 is 19.5 Å². The smallest absolute Gasteiger partial charge is 0.412 e. The molecule has 0 radical (unpaired) electrons. The number of carbonyl (C=O) groups is 3. The molecule has 2 amide bonds. The number of aliphatic carboxylic acids is 1. The first kappa shape index (κ1) is 23.7. The van der Waals surface area contributed by atoms with E-state index in [1.54, 1.807) is 46.8 Å². The van der Waals surface area contributed by atoms with E-state index in [1.807, 2.05) is 12.1 Å². The van der Waals surface area contributed by atoms with Crippen LogP contribution in [-0.4, -0.2) is 59.4 Å². The van der Waals surface area contributed by atoms with Crippen LogP contribution in [0.2, 0.25) is 0 Å². The summed E-state index contributed by atoms with van der Waals surface area (Å²) in [6, 6.07) is 6.25. The Kier molecular flexibility index (Phi) is 7.47. The molecule has 1 saturated heterocycles. The maximum absolute atomic E-state index is 13.0. The Labute approximate surface area is 177 Å². The molecule has 0 saturated carbocycles. The van der Waals surface area contributed by atoms with Gasteiger partial charge in [-0.1, -0.05) is 26.0 Å². The van der Waals surface area contributed by atoms with E-state index in [-0.39, 0.29) is 17.7 Å². The molecule has 1 fully saturated rings. The number of hydrogen-bond donors (Lipinski definition) is 2. The lowest BCUT2D eigenvalue weighted by Gasteiger charge is -2.31. The second kappa shape index (κ2) is 9.47. The van der Waals surface area contributed by atoms with E-state index >= 15 is 0 Å². The first-order valence-corrected chi connectivity index (χ1v) is 10.1. The third kappa shape index (κ3) is 5.95. The molecule has 0 spiro atoms. The molecule has 8 heteroatoms. The lowest BCUT2D eigenvalue weighted by atomic mass is 9.91. The summed E-state index contributed by atoms with van der Waals surface area (Å²) in [7, 11) is 1.51. The van der Waals surface area contributed by atoms with Crippen molar-refractivity contribution < 1.29 is 29.0 Å². The Morgan fingerprint density at radius 3 is 2.30 bits per heavy atom. The van der Waals surface area contributed by atoms with E-state index in [9.17, 15) is 19.5 Å². The summed E-state index contributed by atoms with van der Waals surface area (Å²) < 4.78 is 10.9. The molecular weight excluding hydrogens is 388 g/mol. The van der Waals surface area contributed by atoms with E-state index in [0.717, 1.165) is 5.56 Å². The third-order valence-corrected chi connectivity index (χ3v) is 4.97. The fourth-order valence-corrected chi connectivity index (χ4v) is 3.65. The van der Waals surface area contributed by atoms with Crippen LogP contribution >= 0.6 is 0 Å². The standard InChI is InChI=1S/C22H32N2O6/c1-13(2)17(20(26)27)24(6)19(25)18-16(11-12-29-18)14-7-9-15(10-8-14)23-21(28)30-22(3,4)5/h7-10,13,16-18H,11-12H2,1-6H3,(H,23,28)(H,26,27)/t16-,17+,18-/m1/s1. The zero-order valence-electron chi connectivity index (χ0n) is 18.5. The first-order valence-electron chi connectivity index (χ1n) is 10.1. The molecule has 3 atom stereocenters. The van der Waals surface area contributed by atoms with Gasteiger partial charge in [0.25, 0.3) is 5.91 Å². The van der Waals surface area contributed by atoms with Crippen LogP contribution in [0.3, 0.4) is 0 Å². The number of benzene rings is 1. The minimum Gasteiger partial charge on any atom is -0.480 e. The van der Waals surface area contributed by atoms with Crippen LogP contribution in [0, 0.1) is 5.92 Å². The monoisotopic (exact) mass is 420 g/mol. The van der Waals surface area contributed by atoms with Crippen LogP contribution in [0.25, 0.3) is 0 Å². The molecule has 1 aliphatic rings. The average Bonchev–Trinajstić information content (AvgIpc) is 3.09. The van der Waals surface area contributed by atoms with Crippen LogP contribution in [0.5, 0.6) is 0 Å². The van der Waals surface area contributed by atoms with Gasteiger partial charge in [-0.15, -0.1) is 0 Å². The fourth-order valence-electron chi connectivity index (χ4n) is 3.65. The van der Waals surface area contributed by atoms with E-state index in [1.165, 1.54) is 11.9 Å². The van der Waals surface area contributed by atoms with Gasteiger partial charge in [-0.3, -0.25) is 10.1 Å². The van der Waals surface area contributed by atoms with Gasteiger partial charge in [0.1, 0.15) is 17.7 Å². The maximum atomic E-state index is 13.0. The number of carboxylic acids is 1. The molecular formula is C22H32N2O6. The second-order valence-electron chi connectivity index (χ2n) is 8.91. The molecule has 1 aromatic carbocycles. The van der Waals surface area contributed by atoms with Crippen molar-refractivity contribution in [3.05, 3.63) is 29.8 Å². The van der Waals surface area contributed by atoms with E-state index < -0.39 is 29.8 Å². The Morgan fingerprint density at radius 2 is 1.80 bits per heavy atom. The number of amides is 2. The van der Waals surface area contributed by atoms with E-state index in [2.05, 4.69) is 5.32 Å². The van der Waals surface area contributed by atoms with Gasteiger partial charge >= 0.3 is 12.1 Å². The highest BCUT2D eigenvalue weighted by atomic mass is 16.6. The van der Waals surface area contributed by atoms with Crippen LogP contribution in [0.15, 0.2) is 24.3 Å². The zero-order valence-corrected chi connectivity index (χ0v) is 18.5.